The second kappa shape index (κ2) is 3.80. The first kappa shape index (κ1) is 10.7. The Balaban J connectivity index is 2.79. The van der Waals surface area contributed by atoms with Gasteiger partial charge in [-0.25, -0.2) is 9.97 Å². The van der Waals surface area contributed by atoms with Crippen molar-refractivity contribution in [2.75, 3.05) is 0 Å². The highest BCUT2D eigenvalue weighted by Gasteiger charge is 2.34. The summed E-state index contributed by atoms with van der Waals surface area (Å²) in [5.41, 5.74) is 0. The molecule has 0 saturated heterocycles. The van der Waals surface area contributed by atoms with Gasteiger partial charge in [-0.05, 0) is 0 Å². The molecule has 0 aliphatic rings. The molecule has 0 bridgehead atoms. The van der Waals surface area contributed by atoms with Crippen LogP contribution in [0.2, 0.25) is 0 Å². The Kier molecular flexibility index (Phi) is 2.92. The second-order valence-corrected chi connectivity index (χ2v) is 2.15. The number of hydrogen-bond acceptors (Lipinski definition) is 5. The lowest BCUT2D eigenvalue weighted by Crippen LogP contribution is -2.50. The van der Waals surface area contributed by atoms with Crippen LogP contribution in [-0.4, -0.2) is 17.3 Å². The predicted octanol–water partition coefficient (Wildman–Crippen LogP) is -1.42. The third-order valence-corrected chi connectivity index (χ3v) is 1.11. The highest BCUT2D eigenvalue weighted by atomic mass is 19.4. The molecule has 1 aromatic rings. The molecule has 0 unspecified atom stereocenters. The van der Waals surface area contributed by atoms with Gasteiger partial charge >= 0.3 is 6.18 Å². The monoisotopic (exact) mass is 206 g/mol. The largest absolute Gasteiger partial charge is 0.860 e. The van der Waals surface area contributed by atoms with Gasteiger partial charge < -0.3 is 14.7 Å². The van der Waals surface area contributed by atoms with Crippen LogP contribution in [0.25, 0.3) is 0 Å². The predicted molar refractivity (Wildman–Crippen MR) is 33.4 cm³/mol. The lowest BCUT2D eigenvalue weighted by molar-refractivity contribution is -0.372. The van der Waals surface area contributed by atoms with Gasteiger partial charge in [0.15, 0.2) is 0 Å². The number of hydrogen-bond donors (Lipinski definition) is 0. The van der Waals surface area contributed by atoms with Crippen molar-refractivity contribution >= 4 is 7.32 Å². The molecule has 1 heterocycles. The zero-order valence-corrected chi connectivity index (χ0v) is 6.49. The van der Waals surface area contributed by atoms with E-state index in [1.54, 1.807) is 0 Å². The fourth-order valence-corrected chi connectivity index (χ4v) is 0.635. The van der Waals surface area contributed by atoms with Crippen LogP contribution in [0, 0.1) is 0 Å². The molecule has 0 atom stereocenters. The Morgan fingerprint density at radius 2 is 1.71 bits per heavy atom. The fraction of sp³-hybridized carbons (Fsp3) is 0.200. The summed E-state index contributed by atoms with van der Waals surface area (Å²) in [5.74, 6) is -1.76. The highest BCUT2D eigenvalue weighted by molar-refractivity contribution is 6.29. The Morgan fingerprint density at radius 3 is 2.07 bits per heavy atom. The summed E-state index contributed by atoms with van der Waals surface area (Å²) >= 11 is 0. The van der Waals surface area contributed by atoms with E-state index in [4.69, 9.17) is 0 Å². The number of nitrogens with zero attached hydrogens (tertiary/aromatic N) is 2. The van der Waals surface area contributed by atoms with Gasteiger partial charge in [-0.3, -0.25) is 0 Å². The van der Waals surface area contributed by atoms with Gasteiger partial charge in [0.1, 0.15) is 13.1 Å². The van der Waals surface area contributed by atoms with Gasteiger partial charge in [0.2, 0.25) is 5.82 Å². The summed E-state index contributed by atoms with van der Waals surface area (Å²) in [5, 5.41) is 19.8. The molecule has 0 aliphatic carbocycles. The standard InChI is InChI=1S/C5H2BF3N2O3/c7-5(8,9)4-10-1-3(2-11-4)14-6(12)13/h1-2H/q-2. The van der Waals surface area contributed by atoms with E-state index in [-0.39, 0.29) is 0 Å². The summed E-state index contributed by atoms with van der Waals surface area (Å²) < 4.78 is 39.7. The van der Waals surface area contributed by atoms with Crippen molar-refractivity contribution in [1.29, 1.82) is 0 Å². The molecule has 0 fully saturated rings. The molecule has 1 rings (SSSR count). The lowest BCUT2D eigenvalue weighted by atomic mass is 10.2. The number of rotatable bonds is 2. The number of alkyl halides is 3. The molecule has 0 spiro atoms. The van der Waals surface area contributed by atoms with E-state index in [1.807, 2.05) is 0 Å². The van der Waals surface area contributed by atoms with Crippen LogP contribution in [-0.2, 0) is 6.18 Å². The maximum Gasteiger partial charge on any atom is 0.451 e. The van der Waals surface area contributed by atoms with Crippen molar-refractivity contribution in [1.82, 2.24) is 9.97 Å². The van der Waals surface area contributed by atoms with Crippen LogP contribution in [0.1, 0.15) is 5.82 Å². The molecule has 76 valence electrons. The molecular weight excluding hydrogens is 204 g/mol. The van der Waals surface area contributed by atoms with Crippen LogP contribution in [0.4, 0.5) is 13.2 Å². The van der Waals surface area contributed by atoms with Gasteiger partial charge in [-0.1, -0.05) is 0 Å². The van der Waals surface area contributed by atoms with Crippen LogP contribution in [0.3, 0.4) is 0 Å². The van der Waals surface area contributed by atoms with E-state index in [0.717, 1.165) is 0 Å². The molecule has 14 heavy (non-hydrogen) atoms. The van der Waals surface area contributed by atoms with Gasteiger partial charge in [-0.15, -0.1) is 0 Å². The van der Waals surface area contributed by atoms with E-state index in [9.17, 15) is 23.2 Å². The van der Waals surface area contributed by atoms with Crippen molar-refractivity contribution in [3.8, 4) is 5.75 Å². The molecule has 9 heteroatoms. The SMILES string of the molecule is [O-]B([O-])Oc1cnc(C(F)(F)F)nc1. The minimum absolute atomic E-state index is 0.395. The molecule has 0 saturated carbocycles. The lowest BCUT2D eigenvalue weighted by Gasteiger charge is -2.25. The summed E-state index contributed by atoms with van der Waals surface area (Å²) in [6.07, 6.45) is -3.44. The first-order valence-corrected chi connectivity index (χ1v) is 3.27. The highest BCUT2D eigenvalue weighted by Crippen LogP contribution is 2.25. The number of halogens is 3. The quantitative estimate of drug-likeness (QED) is 0.554. The third kappa shape index (κ3) is 2.85. The smallest absolute Gasteiger partial charge is 0.451 e. The zero-order chi connectivity index (χ0) is 10.8. The minimum atomic E-state index is -4.66. The Bertz CT molecular complexity index is 302. The van der Waals surface area contributed by atoms with Gasteiger partial charge in [0, 0.05) is 0 Å². The van der Waals surface area contributed by atoms with Gasteiger partial charge in [-0.2, -0.15) is 13.2 Å². The first-order valence-electron chi connectivity index (χ1n) is 3.27. The van der Waals surface area contributed by atoms with Crippen molar-refractivity contribution < 1.29 is 27.9 Å². The second-order valence-electron chi connectivity index (χ2n) is 2.15. The van der Waals surface area contributed by atoms with Crippen molar-refractivity contribution in [3.63, 3.8) is 0 Å². The average molecular weight is 206 g/mol. The molecule has 0 amide bonds. The van der Waals surface area contributed by atoms with Crippen LogP contribution in [0.5, 0.6) is 5.75 Å². The van der Waals surface area contributed by atoms with Crippen molar-refractivity contribution in [3.05, 3.63) is 18.2 Å². The van der Waals surface area contributed by atoms with Crippen LogP contribution < -0.4 is 14.7 Å². The van der Waals surface area contributed by atoms with Gasteiger partial charge in [0.05, 0.1) is 12.4 Å². The summed E-state index contributed by atoms with van der Waals surface area (Å²) in [7, 11) is -2.62. The normalized spacial score (nSPS) is 11.2. The van der Waals surface area contributed by atoms with E-state index in [1.165, 1.54) is 0 Å². The Labute approximate surface area is 76.4 Å². The van der Waals surface area contributed by atoms with Crippen molar-refractivity contribution in [2.24, 2.45) is 0 Å². The Hall–Kier alpha value is -1.35. The molecule has 1 aromatic heterocycles. The molecule has 0 aliphatic heterocycles. The summed E-state index contributed by atoms with van der Waals surface area (Å²) in [6.45, 7) is 0. The summed E-state index contributed by atoms with van der Waals surface area (Å²) in [4.78, 5) is 5.73. The molecule has 5 nitrogen and oxygen atoms in total. The van der Waals surface area contributed by atoms with Crippen molar-refractivity contribution in [2.45, 2.75) is 6.18 Å². The maximum absolute atomic E-state index is 11.9. The van der Waals surface area contributed by atoms with Gasteiger partial charge in [0.25, 0.3) is 0 Å². The van der Waals surface area contributed by atoms with E-state index in [2.05, 4.69) is 14.6 Å². The minimum Gasteiger partial charge on any atom is -0.860 e. The number of aromatic nitrogens is 2. The van der Waals surface area contributed by atoms with E-state index >= 15 is 0 Å². The topological polar surface area (TPSA) is 81.1 Å². The fourth-order valence-electron chi connectivity index (χ4n) is 0.635. The van der Waals surface area contributed by atoms with Crippen LogP contribution in [0.15, 0.2) is 12.4 Å². The zero-order valence-electron chi connectivity index (χ0n) is 6.49. The summed E-state index contributed by atoms with van der Waals surface area (Å²) in [6, 6.07) is 0. The third-order valence-electron chi connectivity index (χ3n) is 1.11. The van der Waals surface area contributed by atoms with Crippen LogP contribution >= 0.6 is 0 Å². The molecule has 0 N–H and O–H groups in total. The molecule has 0 radical (unpaired) electrons. The van der Waals surface area contributed by atoms with E-state index in [0.29, 0.717) is 12.4 Å². The molecular formula is C5H2BF3N2O3-2. The first-order chi connectivity index (χ1) is 6.39. The average Bonchev–Trinajstić information content (AvgIpc) is 2.02. The van der Waals surface area contributed by atoms with E-state index < -0.39 is 25.1 Å². The maximum atomic E-state index is 11.9. The Morgan fingerprint density at radius 1 is 1.21 bits per heavy atom. The molecule has 0 aromatic carbocycles.